The average Bonchev–Trinajstić information content (AvgIpc) is 2.69. The van der Waals surface area contributed by atoms with Crippen molar-refractivity contribution in [3.05, 3.63) is 106 Å². The van der Waals surface area contributed by atoms with E-state index in [0.717, 1.165) is 0 Å². The second-order valence-corrected chi connectivity index (χ2v) is 6.20. The fraction of sp³-hybridized carbons (Fsp3) is 0. The topological polar surface area (TPSA) is 46.2 Å². The van der Waals surface area contributed by atoms with Gasteiger partial charge in [0.25, 0.3) is 0 Å². The van der Waals surface area contributed by atoms with Gasteiger partial charge in [-0.3, -0.25) is 9.59 Å². The molecular formula is C22H15ClFNO2. The highest BCUT2D eigenvalue weighted by Crippen LogP contribution is 2.24. The van der Waals surface area contributed by atoms with Crippen molar-refractivity contribution in [2.24, 2.45) is 0 Å². The van der Waals surface area contributed by atoms with Crippen LogP contribution in [0.3, 0.4) is 0 Å². The van der Waals surface area contributed by atoms with Crippen LogP contribution in [0, 0.1) is 5.82 Å². The van der Waals surface area contributed by atoms with Crippen LogP contribution in [0.1, 0.15) is 21.5 Å². The lowest BCUT2D eigenvalue weighted by molar-refractivity contribution is -0.111. The van der Waals surface area contributed by atoms with Crippen LogP contribution in [-0.4, -0.2) is 11.7 Å². The first-order valence-electron chi connectivity index (χ1n) is 8.17. The maximum atomic E-state index is 12.9. The number of halogens is 2. The summed E-state index contributed by atoms with van der Waals surface area (Å²) in [5, 5.41) is 3.09. The molecule has 1 N–H and O–H groups in total. The number of carbonyl (C=O) groups is 2. The number of rotatable bonds is 5. The van der Waals surface area contributed by atoms with Gasteiger partial charge in [-0.05, 0) is 42.0 Å². The molecule has 27 heavy (non-hydrogen) atoms. The summed E-state index contributed by atoms with van der Waals surface area (Å²) in [6, 6.07) is 19.2. The normalized spacial score (nSPS) is 10.7. The van der Waals surface area contributed by atoms with Crippen molar-refractivity contribution >= 4 is 35.1 Å². The lowest BCUT2D eigenvalue weighted by Crippen LogP contribution is -2.12. The van der Waals surface area contributed by atoms with E-state index in [-0.39, 0.29) is 11.6 Å². The molecule has 0 aliphatic rings. The molecule has 0 saturated heterocycles. The SMILES string of the molecule is O=C(/C=C/c1ccc(F)cc1)Nc1ccc(Cl)cc1C(=O)c1ccccc1. The van der Waals surface area contributed by atoms with Crippen molar-refractivity contribution in [2.75, 3.05) is 5.32 Å². The quantitative estimate of drug-likeness (QED) is 0.479. The van der Waals surface area contributed by atoms with E-state index >= 15 is 0 Å². The Bertz CT molecular complexity index is 999. The third-order valence-electron chi connectivity index (χ3n) is 3.82. The second-order valence-electron chi connectivity index (χ2n) is 5.76. The Kier molecular flexibility index (Phi) is 5.79. The van der Waals surface area contributed by atoms with Gasteiger partial charge in [-0.1, -0.05) is 54.1 Å². The molecule has 3 aromatic rings. The molecule has 3 nitrogen and oxygen atoms in total. The van der Waals surface area contributed by atoms with Gasteiger partial charge in [0.2, 0.25) is 5.91 Å². The van der Waals surface area contributed by atoms with E-state index in [4.69, 9.17) is 11.6 Å². The number of hydrogen-bond donors (Lipinski definition) is 1. The lowest BCUT2D eigenvalue weighted by Gasteiger charge is -2.10. The van der Waals surface area contributed by atoms with E-state index in [0.29, 0.717) is 27.4 Å². The predicted octanol–water partition coefficient (Wildman–Crippen LogP) is 5.36. The molecule has 134 valence electrons. The highest BCUT2D eigenvalue weighted by atomic mass is 35.5. The molecular weight excluding hydrogens is 365 g/mol. The summed E-state index contributed by atoms with van der Waals surface area (Å²) in [7, 11) is 0. The summed E-state index contributed by atoms with van der Waals surface area (Å²) in [6.45, 7) is 0. The monoisotopic (exact) mass is 379 g/mol. The molecule has 0 unspecified atom stereocenters. The van der Waals surface area contributed by atoms with Gasteiger partial charge in [0, 0.05) is 22.2 Å². The van der Waals surface area contributed by atoms with Gasteiger partial charge in [-0.2, -0.15) is 0 Å². The van der Waals surface area contributed by atoms with Crippen LogP contribution >= 0.6 is 11.6 Å². The van der Waals surface area contributed by atoms with Crippen LogP contribution in [0.2, 0.25) is 5.02 Å². The molecule has 0 aromatic heterocycles. The van der Waals surface area contributed by atoms with Gasteiger partial charge in [-0.15, -0.1) is 0 Å². The number of amides is 1. The molecule has 0 fully saturated rings. The minimum atomic E-state index is -0.413. The van der Waals surface area contributed by atoms with E-state index in [9.17, 15) is 14.0 Å². The van der Waals surface area contributed by atoms with Gasteiger partial charge >= 0.3 is 0 Å². The molecule has 3 rings (SSSR count). The van der Waals surface area contributed by atoms with Gasteiger partial charge in [0.15, 0.2) is 5.78 Å². The zero-order chi connectivity index (χ0) is 19.2. The van der Waals surface area contributed by atoms with Crippen LogP contribution in [0.5, 0.6) is 0 Å². The van der Waals surface area contributed by atoms with Crippen molar-refractivity contribution in [2.45, 2.75) is 0 Å². The Morgan fingerprint density at radius 3 is 2.33 bits per heavy atom. The highest BCUT2D eigenvalue weighted by molar-refractivity contribution is 6.31. The first-order valence-corrected chi connectivity index (χ1v) is 8.54. The van der Waals surface area contributed by atoms with Gasteiger partial charge in [0.05, 0.1) is 5.69 Å². The van der Waals surface area contributed by atoms with Gasteiger partial charge in [-0.25, -0.2) is 4.39 Å². The van der Waals surface area contributed by atoms with Gasteiger partial charge in [0.1, 0.15) is 5.82 Å². The van der Waals surface area contributed by atoms with E-state index in [1.54, 1.807) is 54.6 Å². The van der Waals surface area contributed by atoms with E-state index in [1.807, 2.05) is 6.07 Å². The summed E-state index contributed by atoms with van der Waals surface area (Å²) in [6.07, 6.45) is 2.88. The first-order chi connectivity index (χ1) is 13.0. The molecule has 0 aliphatic carbocycles. The number of carbonyl (C=O) groups excluding carboxylic acids is 2. The van der Waals surface area contributed by atoms with Crippen molar-refractivity contribution in [1.82, 2.24) is 0 Å². The summed E-state index contributed by atoms with van der Waals surface area (Å²) < 4.78 is 12.9. The number of anilines is 1. The molecule has 0 heterocycles. The predicted molar refractivity (Wildman–Crippen MR) is 105 cm³/mol. The second kappa shape index (κ2) is 8.43. The van der Waals surface area contributed by atoms with Crippen molar-refractivity contribution in [3.8, 4) is 0 Å². The molecule has 0 atom stereocenters. The third-order valence-corrected chi connectivity index (χ3v) is 4.05. The maximum Gasteiger partial charge on any atom is 0.248 e. The van der Waals surface area contributed by atoms with Crippen LogP contribution in [0.25, 0.3) is 6.08 Å². The number of nitrogens with one attached hydrogen (secondary N) is 1. The highest BCUT2D eigenvalue weighted by Gasteiger charge is 2.15. The smallest absolute Gasteiger partial charge is 0.248 e. The van der Waals surface area contributed by atoms with Gasteiger partial charge < -0.3 is 5.32 Å². The zero-order valence-corrected chi connectivity index (χ0v) is 14.9. The lowest BCUT2D eigenvalue weighted by atomic mass is 10.0. The standard InChI is InChI=1S/C22H15ClFNO2/c23-17-9-12-20(19(14-17)22(27)16-4-2-1-3-5-16)25-21(26)13-8-15-6-10-18(24)11-7-15/h1-14H,(H,25,26)/b13-8+. The third kappa shape index (κ3) is 4.90. The summed E-state index contributed by atoms with van der Waals surface area (Å²) in [4.78, 5) is 25.0. The van der Waals surface area contributed by atoms with Crippen LogP contribution in [0.15, 0.2) is 78.9 Å². The largest absolute Gasteiger partial charge is 0.322 e. The molecule has 1 amide bonds. The Morgan fingerprint density at radius 2 is 1.63 bits per heavy atom. The molecule has 0 spiro atoms. The number of benzene rings is 3. The Balaban J connectivity index is 1.81. The maximum absolute atomic E-state index is 12.9. The fourth-order valence-corrected chi connectivity index (χ4v) is 2.65. The Morgan fingerprint density at radius 1 is 0.926 bits per heavy atom. The molecule has 0 bridgehead atoms. The minimum absolute atomic E-state index is 0.240. The van der Waals surface area contributed by atoms with Crippen LogP contribution in [-0.2, 0) is 4.79 Å². The Labute approximate surface area is 161 Å². The van der Waals surface area contributed by atoms with E-state index in [1.165, 1.54) is 24.3 Å². The van der Waals surface area contributed by atoms with Crippen LogP contribution < -0.4 is 5.32 Å². The Hall–Kier alpha value is -3.24. The summed E-state index contributed by atoms with van der Waals surface area (Å²) in [5.74, 6) is -0.999. The minimum Gasteiger partial charge on any atom is -0.322 e. The van der Waals surface area contributed by atoms with E-state index < -0.39 is 5.91 Å². The molecule has 0 saturated carbocycles. The van der Waals surface area contributed by atoms with Crippen molar-refractivity contribution in [3.63, 3.8) is 0 Å². The van der Waals surface area contributed by atoms with Crippen molar-refractivity contribution in [1.29, 1.82) is 0 Å². The molecule has 5 heteroatoms. The molecule has 3 aromatic carbocycles. The summed E-state index contributed by atoms with van der Waals surface area (Å²) >= 11 is 6.03. The van der Waals surface area contributed by atoms with Crippen molar-refractivity contribution < 1.29 is 14.0 Å². The number of ketones is 1. The first kappa shape index (κ1) is 18.5. The summed E-state index contributed by atoms with van der Waals surface area (Å²) in [5.41, 5.74) is 1.85. The molecule has 0 aliphatic heterocycles. The fourth-order valence-electron chi connectivity index (χ4n) is 2.48. The molecule has 0 radical (unpaired) electrons. The van der Waals surface area contributed by atoms with Crippen LogP contribution in [0.4, 0.5) is 10.1 Å². The number of hydrogen-bond acceptors (Lipinski definition) is 2. The van der Waals surface area contributed by atoms with E-state index in [2.05, 4.69) is 5.32 Å². The average molecular weight is 380 g/mol. The zero-order valence-electron chi connectivity index (χ0n) is 14.2.